The van der Waals surface area contributed by atoms with Crippen LogP contribution in [0, 0.1) is 0 Å². The molecule has 6 N–H and O–H groups in total. The largest absolute Gasteiger partial charge is 0.394 e. The van der Waals surface area contributed by atoms with Crippen LogP contribution in [-0.4, -0.2) is 87.5 Å². The fourth-order valence-electron chi connectivity index (χ4n) is 5.55. The highest BCUT2D eigenvalue weighted by Crippen LogP contribution is 2.22. The number of nitrogens with one attached hydrogen (secondary N) is 1. The molecule has 0 aromatic heterocycles. The van der Waals surface area contributed by atoms with Crippen LogP contribution in [0.3, 0.4) is 0 Å². The summed E-state index contributed by atoms with van der Waals surface area (Å²) in [5.41, 5.74) is 0. The summed E-state index contributed by atoms with van der Waals surface area (Å²) in [5.74, 6) is -0.211. The van der Waals surface area contributed by atoms with Gasteiger partial charge in [0.1, 0.15) is 24.4 Å². The average molecular weight is 706 g/mol. The predicted octanol–water partition coefficient (Wildman–Crippen LogP) is 6.88. The van der Waals surface area contributed by atoms with Gasteiger partial charge in [-0.25, -0.2) is 0 Å². The molecule has 1 saturated heterocycles. The molecule has 1 amide bonds. The van der Waals surface area contributed by atoms with Gasteiger partial charge in [0, 0.05) is 6.42 Å². The molecule has 1 aliphatic heterocycles. The summed E-state index contributed by atoms with van der Waals surface area (Å²) in [6, 6.07) is -0.834. The number of rotatable bonds is 30. The van der Waals surface area contributed by atoms with E-state index in [1.807, 2.05) is 6.08 Å². The third kappa shape index (κ3) is 22.7. The van der Waals surface area contributed by atoms with Crippen LogP contribution >= 0.6 is 0 Å². The lowest BCUT2D eigenvalue weighted by Gasteiger charge is -2.40. The van der Waals surface area contributed by atoms with E-state index in [9.17, 15) is 30.3 Å². The van der Waals surface area contributed by atoms with E-state index in [2.05, 4.69) is 67.8 Å². The molecule has 1 aliphatic rings. The monoisotopic (exact) mass is 706 g/mol. The van der Waals surface area contributed by atoms with Crippen LogP contribution in [0.25, 0.3) is 0 Å². The quantitative estimate of drug-likeness (QED) is 0.0350. The SMILES string of the molecule is CCCC/C=C/CC/C=C/CC/C=C/C(O)C(COC1OC(CO)C(O)C(O)C1O)NC(=O)CCCCCCC/C=C\C/C=C\CCCCC. The summed E-state index contributed by atoms with van der Waals surface area (Å²) in [6.07, 6.45) is 32.6. The van der Waals surface area contributed by atoms with E-state index in [-0.39, 0.29) is 12.5 Å². The molecule has 1 heterocycles. The molecule has 0 saturated carbocycles. The van der Waals surface area contributed by atoms with E-state index in [4.69, 9.17) is 9.47 Å². The van der Waals surface area contributed by atoms with Crippen molar-refractivity contribution >= 4 is 5.91 Å². The van der Waals surface area contributed by atoms with Crippen LogP contribution in [0.2, 0.25) is 0 Å². The molecule has 0 spiro atoms. The minimum Gasteiger partial charge on any atom is -0.394 e. The third-order valence-electron chi connectivity index (χ3n) is 8.79. The molecular weight excluding hydrogens is 634 g/mol. The maximum Gasteiger partial charge on any atom is 0.220 e. The number of aliphatic hydroxyl groups is 5. The molecule has 9 nitrogen and oxygen atoms in total. The normalized spacial score (nSPS) is 22.9. The van der Waals surface area contributed by atoms with Gasteiger partial charge in [-0.3, -0.25) is 4.79 Å². The number of hydrogen-bond donors (Lipinski definition) is 6. The number of ether oxygens (including phenoxy) is 2. The first kappa shape index (κ1) is 45.9. The van der Waals surface area contributed by atoms with Crippen molar-refractivity contribution in [3.63, 3.8) is 0 Å². The Labute approximate surface area is 303 Å². The van der Waals surface area contributed by atoms with E-state index in [0.717, 1.165) is 77.0 Å². The van der Waals surface area contributed by atoms with Gasteiger partial charge < -0.3 is 40.3 Å². The number of carbonyl (C=O) groups is 1. The highest BCUT2D eigenvalue weighted by Gasteiger charge is 2.44. The van der Waals surface area contributed by atoms with Crippen molar-refractivity contribution in [2.75, 3.05) is 13.2 Å². The summed E-state index contributed by atoms with van der Waals surface area (Å²) in [5, 5.41) is 53.8. The van der Waals surface area contributed by atoms with Crippen molar-refractivity contribution in [3.05, 3.63) is 60.8 Å². The Morgan fingerprint density at radius 3 is 1.86 bits per heavy atom. The van der Waals surface area contributed by atoms with Crippen LogP contribution in [0.1, 0.15) is 136 Å². The lowest BCUT2D eigenvalue weighted by Crippen LogP contribution is -2.60. The molecule has 1 fully saturated rings. The second-order valence-electron chi connectivity index (χ2n) is 13.3. The van der Waals surface area contributed by atoms with Crippen LogP contribution in [0.15, 0.2) is 60.8 Å². The first-order valence-corrected chi connectivity index (χ1v) is 19.5. The summed E-state index contributed by atoms with van der Waals surface area (Å²) < 4.78 is 11.1. The van der Waals surface area contributed by atoms with Gasteiger partial charge >= 0.3 is 0 Å². The predicted molar refractivity (Wildman–Crippen MR) is 202 cm³/mol. The van der Waals surface area contributed by atoms with Crippen LogP contribution in [0.4, 0.5) is 0 Å². The summed E-state index contributed by atoms with van der Waals surface area (Å²) in [4.78, 5) is 12.9. The first-order valence-electron chi connectivity index (χ1n) is 19.5. The lowest BCUT2D eigenvalue weighted by molar-refractivity contribution is -0.302. The van der Waals surface area contributed by atoms with Crippen molar-refractivity contribution in [2.24, 2.45) is 0 Å². The van der Waals surface area contributed by atoms with Crippen molar-refractivity contribution in [1.29, 1.82) is 0 Å². The second-order valence-corrected chi connectivity index (χ2v) is 13.3. The molecular formula is C41H71NO8. The standard InChI is InChI=1S/C41H71NO8/c1-3-5-7-9-11-13-15-17-18-19-21-23-25-27-29-31-37(45)42-34(33-49-41-40(48)39(47)38(46)36(32-43)50-41)35(44)30-28-26-24-22-20-16-14-12-10-8-6-4-2/h10-13,17-18,20,22,28,30,34-36,38-41,43-44,46-48H,3-9,14-16,19,21,23-27,29,31-33H2,1-2H3,(H,42,45)/b12-10+,13-11-,18-17-,22-20+,30-28+. The van der Waals surface area contributed by atoms with E-state index in [0.29, 0.717) is 6.42 Å². The van der Waals surface area contributed by atoms with E-state index < -0.39 is 49.5 Å². The Morgan fingerprint density at radius 2 is 1.22 bits per heavy atom. The number of carbonyl (C=O) groups excluding carboxylic acids is 1. The zero-order valence-corrected chi connectivity index (χ0v) is 31.1. The second kappa shape index (κ2) is 31.6. The molecule has 0 bridgehead atoms. The molecule has 0 aliphatic carbocycles. The minimum atomic E-state index is -1.58. The van der Waals surface area contributed by atoms with E-state index in [1.54, 1.807) is 6.08 Å². The highest BCUT2D eigenvalue weighted by atomic mass is 16.7. The fraction of sp³-hybridized carbons (Fsp3) is 0.732. The Bertz CT molecular complexity index is 962. The highest BCUT2D eigenvalue weighted by molar-refractivity contribution is 5.76. The Morgan fingerprint density at radius 1 is 0.680 bits per heavy atom. The van der Waals surface area contributed by atoms with Gasteiger partial charge in [0.2, 0.25) is 5.91 Å². The van der Waals surface area contributed by atoms with Crippen molar-refractivity contribution in [1.82, 2.24) is 5.32 Å². The zero-order valence-electron chi connectivity index (χ0n) is 31.1. The van der Waals surface area contributed by atoms with E-state index >= 15 is 0 Å². The molecule has 0 aromatic carbocycles. The molecule has 1 rings (SSSR count). The minimum absolute atomic E-state index is 0.211. The number of unbranched alkanes of at least 4 members (excludes halogenated alkanes) is 12. The Hall–Kier alpha value is -2.11. The van der Waals surface area contributed by atoms with Gasteiger partial charge in [0.25, 0.3) is 0 Å². The maximum absolute atomic E-state index is 12.9. The third-order valence-corrected chi connectivity index (χ3v) is 8.79. The van der Waals surface area contributed by atoms with E-state index in [1.165, 1.54) is 38.5 Å². The lowest BCUT2D eigenvalue weighted by atomic mass is 9.99. The average Bonchev–Trinajstić information content (AvgIpc) is 3.11. The maximum atomic E-state index is 12.9. The Balaban J connectivity index is 2.50. The molecule has 7 unspecified atom stereocenters. The van der Waals surface area contributed by atoms with Crippen molar-refractivity contribution < 1.29 is 39.8 Å². The number of amides is 1. The Kier molecular flexibility index (Phi) is 29.0. The molecule has 0 radical (unpaired) electrons. The summed E-state index contributed by atoms with van der Waals surface area (Å²) >= 11 is 0. The van der Waals surface area contributed by atoms with Crippen molar-refractivity contribution in [2.45, 2.75) is 179 Å². The van der Waals surface area contributed by atoms with Crippen LogP contribution in [0.5, 0.6) is 0 Å². The van der Waals surface area contributed by atoms with Gasteiger partial charge in [-0.2, -0.15) is 0 Å². The molecule has 288 valence electrons. The summed E-state index contributed by atoms with van der Waals surface area (Å²) in [7, 11) is 0. The smallest absolute Gasteiger partial charge is 0.220 e. The first-order chi connectivity index (χ1) is 24.3. The zero-order chi connectivity index (χ0) is 36.7. The summed E-state index contributed by atoms with van der Waals surface area (Å²) in [6.45, 7) is 3.62. The topological polar surface area (TPSA) is 149 Å². The van der Waals surface area contributed by atoms with Crippen molar-refractivity contribution in [3.8, 4) is 0 Å². The number of allylic oxidation sites excluding steroid dienone is 9. The van der Waals surface area contributed by atoms with Gasteiger partial charge in [-0.1, -0.05) is 120 Å². The number of hydrogen-bond acceptors (Lipinski definition) is 8. The molecule has 9 heteroatoms. The van der Waals surface area contributed by atoms with Gasteiger partial charge in [0.15, 0.2) is 6.29 Å². The van der Waals surface area contributed by atoms with Gasteiger partial charge in [-0.15, -0.1) is 0 Å². The van der Waals surface area contributed by atoms with Gasteiger partial charge in [-0.05, 0) is 70.6 Å². The molecule has 7 atom stereocenters. The fourth-order valence-corrected chi connectivity index (χ4v) is 5.55. The number of aliphatic hydroxyl groups excluding tert-OH is 5. The van der Waals surface area contributed by atoms with Gasteiger partial charge in [0.05, 0.1) is 25.4 Å². The van der Waals surface area contributed by atoms with Crippen LogP contribution in [-0.2, 0) is 14.3 Å². The van der Waals surface area contributed by atoms with Crippen LogP contribution < -0.4 is 5.32 Å². The molecule has 50 heavy (non-hydrogen) atoms. The molecule has 0 aromatic rings.